The van der Waals surface area contributed by atoms with Gasteiger partial charge in [-0.15, -0.1) is 0 Å². The molecule has 1 saturated heterocycles. The summed E-state index contributed by atoms with van der Waals surface area (Å²) in [4.78, 5) is 14.0. The van der Waals surface area contributed by atoms with Crippen LogP contribution in [-0.4, -0.2) is 30.8 Å². The fourth-order valence-corrected chi connectivity index (χ4v) is 2.50. The minimum atomic E-state index is -0.450. The number of benzene rings is 1. The molecule has 1 heterocycles. The van der Waals surface area contributed by atoms with Crippen molar-refractivity contribution in [2.75, 3.05) is 18.0 Å². The van der Waals surface area contributed by atoms with Gasteiger partial charge in [0.1, 0.15) is 5.60 Å². The Kier molecular flexibility index (Phi) is 4.58. The summed E-state index contributed by atoms with van der Waals surface area (Å²) in [6.45, 7) is 7.38. The summed E-state index contributed by atoms with van der Waals surface area (Å²) in [5, 5.41) is 2.93. The average Bonchev–Trinajstić information content (AvgIpc) is 2.75. The quantitative estimate of drug-likeness (QED) is 0.894. The van der Waals surface area contributed by atoms with Crippen LogP contribution in [0.4, 0.5) is 10.5 Å². The molecule has 0 aliphatic carbocycles. The van der Waals surface area contributed by atoms with Crippen LogP contribution in [0, 0.1) is 0 Å². The fourth-order valence-electron chi connectivity index (χ4n) is 2.24. The summed E-state index contributed by atoms with van der Waals surface area (Å²) < 4.78 is 6.35. The molecule has 1 N–H and O–H groups in total. The molecule has 1 aromatic rings. The first kappa shape index (κ1) is 15.2. The fraction of sp³-hybridized carbons (Fsp3) is 0.533. The van der Waals surface area contributed by atoms with Gasteiger partial charge in [0, 0.05) is 23.2 Å². The first-order chi connectivity index (χ1) is 9.33. The topological polar surface area (TPSA) is 41.6 Å². The Morgan fingerprint density at radius 2 is 2.00 bits per heavy atom. The molecule has 0 unspecified atom stereocenters. The van der Waals surface area contributed by atoms with Crippen LogP contribution < -0.4 is 10.2 Å². The van der Waals surface area contributed by atoms with Gasteiger partial charge in [0.05, 0.1) is 6.04 Å². The van der Waals surface area contributed by atoms with Crippen molar-refractivity contribution in [2.45, 2.75) is 38.8 Å². The van der Waals surface area contributed by atoms with Crippen LogP contribution in [0.25, 0.3) is 0 Å². The number of amides is 1. The van der Waals surface area contributed by atoms with Gasteiger partial charge in [0.15, 0.2) is 0 Å². The van der Waals surface area contributed by atoms with Gasteiger partial charge in [0.2, 0.25) is 0 Å². The number of carbonyl (C=O) groups is 1. The summed E-state index contributed by atoms with van der Waals surface area (Å²) in [5.74, 6) is 0. The normalized spacial score (nSPS) is 19.0. The number of hydrogen-bond acceptors (Lipinski definition) is 3. The predicted octanol–water partition coefficient (Wildman–Crippen LogP) is 3.55. The second-order valence-corrected chi connectivity index (χ2v) is 6.97. The molecule has 0 spiro atoms. The van der Waals surface area contributed by atoms with Crippen LogP contribution in [0.5, 0.6) is 0 Å². The van der Waals surface area contributed by atoms with Gasteiger partial charge < -0.3 is 15.0 Å². The van der Waals surface area contributed by atoms with E-state index in [0.717, 1.165) is 24.0 Å². The third-order valence-electron chi connectivity index (χ3n) is 3.10. The van der Waals surface area contributed by atoms with Gasteiger partial charge in [-0.3, -0.25) is 0 Å². The molecular weight excluding hydrogens is 320 g/mol. The highest BCUT2D eigenvalue weighted by molar-refractivity contribution is 9.10. The van der Waals surface area contributed by atoms with E-state index in [0.29, 0.717) is 0 Å². The van der Waals surface area contributed by atoms with Crippen LogP contribution >= 0.6 is 15.9 Å². The first-order valence-corrected chi connectivity index (χ1v) is 7.63. The molecule has 1 amide bonds. The van der Waals surface area contributed by atoms with E-state index in [1.54, 1.807) is 0 Å². The van der Waals surface area contributed by atoms with Crippen molar-refractivity contribution in [1.29, 1.82) is 0 Å². The summed E-state index contributed by atoms with van der Waals surface area (Å²) in [6.07, 6.45) is 0.607. The Labute approximate surface area is 128 Å². The maximum absolute atomic E-state index is 11.7. The lowest BCUT2D eigenvalue weighted by molar-refractivity contribution is 0.0509. The molecule has 0 saturated carbocycles. The SMILES string of the molecule is CC(C)(C)OC(=O)N[C@@H]1CCN(c2ccc(Br)cc2)C1. The van der Waals surface area contributed by atoms with Crippen molar-refractivity contribution >= 4 is 27.7 Å². The number of halogens is 1. The molecule has 4 nitrogen and oxygen atoms in total. The van der Waals surface area contributed by atoms with E-state index in [1.165, 1.54) is 5.69 Å². The molecule has 0 bridgehead atoms. The second kappa shape index (κ2) is 6.04. The molecule has 5 heteroatoms. The Morgan fingerprint density at radius 1 is 1.35 bits per heavy atom. The molecule has 1 aromatic carbocycles. The maximum Gasteiger partial charge on any atom is 0.407 e. The lowest BCUT2D eigenvalue weighted by atomic mass is 10.2. The molecule has 0 aromatic heterocycles. The molecule has 110 valence electrons. The van der Waals surface area contributed by atoms with Crippen LogP contribution in [0.15, 0.2) is 28.7 Å². The number of alkyl carbamates (subject to hydrolysis) is 1. The summed E-state index contributed by atoms with van der Waals surface area (Å²) in [6, 6.07) is 8.38. The number of hydrogen-bond donors (Lipinski definition) is 1. The van der Waals surface area contributed by atoms with Crippen LogP contribution in [0.1, 0.15) is 27.2 Å². The molecule has 1 atom stereocenters. The van der Waals surface area contributed by atoms with Gasteiger partial charge in [0.25, 0.3) is 0 Å². The largest absolute Gasteiger partial charge is 0.444 e. The van der Waals surface area contributed by atoms with Gasteiger partial charge in [-0.2, -0.15) is 0 Å². The van der Waals surface area contributed by atoms with Crippen LogP contribution in [-0.2, 0) is 4.74 Å². The molecule has 2 rings (SSSR count). The van der Waals surface area contributed by atoms with E-state index in [2.05, 4.69) is 38.3 Å². The van der Waals surface area contributed by atoms with Gasteiger partial charge in [-0.05, 0) is 51.5 Å². The maximum atomic E-state index is 11.7. The van der Waals surface area contributed by atoms with E-state index >= 15 is 0 Å². The van der Waals surface area contributed by atoms with Crippen molar-refractivity contribution in [1.82, 2.24) is 5.32 Å². The Hall–Kier alpha value is -1.23. The van der Waals surface area contributed by atoms with E-state index in [4.69, 9.17) is 4.74 Å². The van der Waals surface area contributed by atoms with Crippen molar-refractivity contribution in [3.05, 3.63) is 28.7 Å². The van der Waals surface area contributed by atoms with E-state index < -0.39 is 5.60 Å². The zero-order valence-corrected chi connectivity index (χ0v) is 13.7. The van der Waals surface area contributed by atoms with Gasteiger partial charge in [-0.25, -0.2) is 4.79 Å². The second-order valence-electron chi connectivity index (χ2n) is 6.05. The van der Waals surface area contributed by atoms with E-state index in [9.17, 15) is 4.79 Å². The number of carbonyl (C=O) groups excluding carboxylic acids is 1. The average molecular weight is 341 g/mol. The molecular formula is C15H21BrN2O2. The highest BCUT2D eigenvalue weighted by Crippen LogP contribution is 2.22. The van der Waals surface area contributed by atoms with Crippen molar-refractivity contribution in [3.8, 4) is 0 Å². The molecule has 1 aliphatic rings. The Morgan fingerprint density at radius 3 is 2.60 bits per heavy atom. The third kappa shape index (κ3) is 4.40. The standard InChI is InChI=1S/C15H21BrN2O2/c1-15(2,3)20-14(19)17-12-8-9-18(10-12)13-6-4-11(16)5-7-13/h4-7,12H,8-10H2,1-3H3,(H,17,19)/t12-/m1/s1. The minimum Gasteiger partial charge on any atom is -0.444 e. The van der Waals surface area contributed by atoms with Crippen LogP contribution in [0.3, 0.4) is 0 Å². The molecule has 1 aliphatic heterocycles. The molecule has 20 heavy (non-hydrogen) atoms. The molecule has 1 fully saturated rings. The summed E-state index contributed by atoms with van der Waals surface area (Å²) in [7, 11) is 0. The highest BCUT2D eigenvalue weighted by Gasteiger charge is 2.26. The lowest BCUT2D eigenvalue weighted by Gasteiger charge is -2.22. The zero-order valence-electron chi connectivity index (χ0n) is 12.1. The first-order valence-electron chi connectivity index (χ1n) is 6.83. The van der Waals surface area contributed by atoms with Crippen molar-refractivity contribution in [2.24, 2.45) is 0 Å². The van der Waals surface area contributed by atoms with E-state index in [-0.39, 0.29) is 12.1 Å². The van der Waals surface area contributed by atoms with Crippen molar-refractivity contribution in [3.63, 3.8) is 0 Å². The lowest BCUT2D eigenvalue weighted by Crippen LogP contribution is -2.40. The zero-order chi connectivity index (χ0) is 14.8. The summed E-state index contributed by atoms with van der Waals surface area (Å²) >= 11 is 3.43. The predicted molar refractivity (Wildman–Crippen MR) is 84.1 cm³/mol. The Bertz CT molecular complexity index is 468. The van der Waals surface area contributed by atoms with E-state index in [1.807, 2.05) is 32.9 Å². The number of anilines is 1. The number of nitrogens with zero attached hydrogens (tertiary/aromatic N) is 1. The smallest absolute Gasteiger partial charge is 0.407 e. The number of rotatable bonds is 2. The number of nitrogens with one attached hydrogen (secondary N) is 1. The monoisotopic (exact) mass is 340 g/mol. The van der Waals surface area contributed by atoms with Gasteiger partial charge >= 0.3 is 6.09 Å². The summed E-state index contributed by atoms with van der Waals surface area (Å²) in [5.41, 5.74) is 0.732. The van der Waals surface area contributed by atoms with Crippen LogP contribution in [0.2, 0.25) is 0 Å². The minimum absolute atomic E-state index is 0.147. The highest BCUT2D eigenvalue weighted by atomic mass is 79.9. The number of ether oxygens (including phenoxy) is 1. The Balaban J connectivity index is 1.86. The third-order valence-corrected chi connectivity index (χ3v) is 3.63. The van der Waals surface area contributed by atoms with Crippen molar-refractivity contribution < 1.29 is 9.53 Å². The van der Waals surface area contributed by atoms with Gasteiger partial charge in [-0.1, -0.05) is 15.9 Å². The molecule has 0 radical (unpaired) electrons.